The maximum absolute atomic E-state index is 12.7. The van der Waals surface area contributed by atoms with E-state index in [2.05, 4.69) is 32.2 Å². The largest absolute Gasteiger partial charge is 0.338 e. The Morgan fingerprint density at radius 2 is 2.29 bits per heavy atom. The van der Waals surface area contributed by atoms with Crippen LogP contribution >= 0.6 is 0 Å². The molecule has 2 rings (SSSR count). The smallest absolute Gasteiger partial charge is 0.230 e. The first-order valence-corrected chi connectivity index (χ1v) is 6.72. The molecule has 0 saturated carbocycles. The molecule has 1 saturated heterocycles. The minimum absolute atomic E-state index is 0.154. The van der Waals surface area contributed by atoms with Crippen molar-refractivity contribution in [1.82, 2.24) is 10.2 Å². The van der Waals surface area contributed by atoms with Crippen LogP contribution in [0.3, 0.4) is 0 Å². The normalized spacial score (nSPS) is 29.6. The van der Waals surface area contributed by atoms with Gasteiger partial charge in [0.2, 0.25) is 5.91 Å². The molecule has 0 aromatic carbocycles. The molecule has 0 aromatic heterocycles. The molecular formula is C14H24N2O. The number of hydrogen-bond acceptors (Lipinski definition) is 2. The van der Waals surface area contributed by atoms with E-state index >= 15 is 0 Å². The summed E-state index contributed by atoms with van der Waals surface area (Å²) in [5, 5.41) is 3.36. The van der Waals surface area contributed by atoms with Crippen LogP contribution in [0.1, 0.15) is 33.6 Å². The van der Waals surface area contributed by atoms with Crippen molar-refractivity contribution in [3.8, 4) is 0 Å². The van der Waals surface area contributed by atoms with E-state index in [1.54, 1.807) is 0 Å². The average molecular weight is 236 g/mol. The Balaban J connectivity index is 2.12. The molecule has 2 aliphatic rings. The summed E-state index contributed by atoms with van der Waals surface area (Å²) in [4.78, 5) is 14.8. The third-order valence-corrected chi connectivity index (χ3v) is 4.44. The number of carbonyl (C=O) groups excluding carboxylic acids is 1. The molecule has 1 amide bonds. The first-order chi connectivity index (χ1) is 8.06. The maximum atomic E-state index is 12.7. The topological polar surface area (TPSA) is 32.3 Å². The molecule has 0 spiro atoms. The molecule has 1 atom stereocenters. The zero-order valence-corrected chi connectivity index (χ0v) is 11.3. The van der Waals surface area contributed by atoms with Crippen LogP contribution in [0, 0.1) is 11.3 Å². The summed E-state index contributed by atoms with van der Waals surface area (Å²) in [6.45, 7) is 10.0. The number of hydrogen-bond donors (Lipinski definition) is 1. The van der Waals surface area contributed by atoms with Crippen molar-refractivity contribution in [3.63, 3.8) is 0 Å². The van der Waals surface area contributed by atoms with Crippen molar-refractivity contribution >= 4 is 5.91 Å². The summed E-state index contributed by atoms with van der Waals surface area (Å²) in [6, 6.07) is 0. The second kappa shape index (κ2) is 4.81. The summed E-state index contributed by atoms with van der Waals surface area (Å²) in [6.07, 6.45) is 4.22. The van der Waals surface area contributed by atoms with Gasteiger partial charge in [-0.25, -0.2) is 0 Å². The molecule has 0 bridgehead atoms. The molecule has 96 valence electrons. The van der Waals surface area contributed by atoms with Crippen molar-refractivity contribution in [2.24, 2.45) is 11.3 Å². The molecular weight excluding hydrogens is 212 g/mol. The van der Waals surface area contributed by atoms with Crippen LogP contribution in [0.2, 0.25) is 0 Å². The molecule has 2 aliphatic heterocycles. The minimum atomic E-state index is -0.154. The van der Waals surface area contributed by atoms with Gasteiger partial charge in [0.1, 0.15) is 0 Å². The van der Waals surface area contributed by atoms with E-state index in [0.29, 0.717) is 11.8 Å². The second-order valence-corrected chi connectivity index (χ2v) is 5.79. The van der Waals surface area contributed by atoms with Crippen molar-refractivity contribution in [3.05, 3.63) is 11.6 Å². The summed E-state index contributed by atoms with van der Waals surface area (Å²) in [5.41, 5.74) is 1.26. The van der Waals surface area contributed by atoms with E-state index in [1.807, 2.05) is 4.90 Å². The lowest BCUT2D eigenvalue weighted by molar-refractivity contribution is -0.143. The van der Waals surface area contributed by atoms with Crippen LogP contribution in [-0.2, 0) is 4.79 Å². The van der Waals surface area contributed by atoms with E-state index < -0.39 is 0 Å². The standard InChI is InChI=1S/C14H24N2O/c1-11(2)14(6-7-15-10-14)13(17)16-8-4-12(3)5-9-16/h4,11,15H,5-10H2,1-3H3. The highest BCUT2D eigenvalue weighted by molar-refractivity contribution is 5.84. The lowest BCUT2D eigenvalue weighted by Gasteiger charge is -2.37. The number of rotatable bonds is 2. The SMILES string of the molecule is CC1=CCN(C(=O)C2(C(C)C)CCNC2)CC1. The van der Waals surface area contributed by atoms with Gasteiger partial charge in [-0.15, -0.1) is 0 Å². The fraction of sp³-hybridized carbons (Fsp3) is 0.786. The Morgan fingerprint density at radius 3 is 2.76 bits per heavy atom. The van der Waals surface area contributed by atoms with Crippen LogP contribution in [0.5, 0.6) is 0 Å². The van der Waals surface area contributed by atoms with Crippen LogP contribution in [0.25, 0.3) is 0 Å². The predicted molar refractivity (Wildman–Crippen MR) is 69.7 cm³/mol. The van der Waals surface area contributed by atoms with E-state index in [-0.39, 0.29) is 5.41 Å². The van der Waals surface area contributed by atoms with Gasteiger partial charge in [0.25, 0.3) is 0 Å². The van der Waals surface area contributed by atoms with Crippen molar-refractivity contribution in [1.29, 1.82) is 0 Å². The van der Waals surface area contributed by atoms with Gasteiger partial charge in [-0.05, 0) is 32.2 Å². The Morgan fingerprint density at radius 1 is 1.53 bits per heavy atom. The van der Waals surface area contributed by atoms with Gasteiger partial charge in [0.15, 0.2) is 0 Å². The van der Waals surface area contributed by atoms with Gasteiger partial charge in [0.05, 0.1) is 5.41 Å². The number of nitrogens with one attached hydrogen (secondary N) is 1. The molecule has 17 heavy (non-hydrogen) atoms. The fourth-order valence-corrected chi connectivity index (χ4v) is 2.90. The van der Waals surface area contributed by atoms with Gasteiger partial charge in [-0.1, -0.05) is 25.5 Å². The van der Waals surface area contributed by atoms with Gasteiger partial charge in [-0.3, -0.25) is 4.79 Å². The lowest BCUT2D eigenvalue weighted by Crippen LogP contribution is -2.49. The van der Waals surface area contributed by atoms with E-state index in [0.717, 1.165) is 39.0 Å². The summed E-state index contributed by atoms with van der Waals surface area (Å²) in [5.74, 6) is 0.776. The van der Waals surface area contributed by atoms with E-state index in [9.17, 15) is 4.79 Å². The first kappa shape index (κ1) is 12.6. The molecule has 0 aliphatic carbocycles. The Bertz CT molecular complexity index is 327. The number of amides is 1. The van der Waals surface area contributed by atoms with Crippen LogP contribution in [0.15, 0.2) is 11.6 Å². The third kappa shape index (κ3) is 2.25. The van der Waals surface area contributed by atoms with Crippen molar-refractivity contribution < 1.29 is 4.79 Å². The monoisotopic (exact) mass is 236 g/mol. The summed E-state index contributed by atoms with van der Waals surface area (Å²) in [7, 11) is 0. The quantitative estimate of drug-likeness (QED) is 0.742. The Kier molecular flexibility index (Phi) is 3.57. The zero-order chi connectivity index (χ0) is 12.5. The highest BCUT2D eigenvalue weighted by atomic mass is 16.2. The van der Waals surface area contributed by atoms with Gasteiger partial charge < -0.3 is 10.2 Å². The van der Waals surface area contributed by atoms with Crippen LogP contribution < -0.4 is 5.32 Å². The molecule has 3 nitrogen and oxygen atoms in total. The highest BCUT2D eigenvalue weighted by Crippen LogP contribution is 2.36. The van der Waals surface area contributed by atoms with E-state index in [4.69, 9.17) is 0 Å². The first-order valence-electron chi connectivity index (χ1n) is 6.72. The van der Waals surface area contributed by atoms with Gasteiger partial charge in [0, 0.05) is 19.6 Å². The van der Waals surface area contributed by atoms with Gasteiger partial charge >= 0.3 is 0 Å². The number of nitrogens with zero attached hydrogens (tertiary/aromatic N) is 1. The molecule has 0 aromatic rings. The predicted octanol–water partition coefficient (Wildman–Crippen LogP) is 1.80. The summed E-state index contributed by atoms with van der Waals surface area (Å²) >= 11 is 0. The number of carbonyl (C=O) groups is 1. The van der Waals surface area contributed by atoms with Gasteiger partial charge in [-0.2, -0.15) is 0 Å². The fourth-order valence-electron chi connectivity index (χ4n) is 2.90. The van der Waals surface area contributed by atoms with Crippen LogP contribution in [-0.4, -0.2) is 37.0 Å². The molecule has 0 radical (unpaired) electrons. The molecule has 3 heteroatoms. The Hall–Kier alpha value is -0.830. The minimum Gasteiger partial charge on any atom is -0.338 e. The lowest BCUT2D eigenvalue weighted by atomic mass is 9.75. The zero-order valence-electron chi connectivity index (χ0n) is 11.3. The van der Waals surface area contributed by atoms with Crippen molar-refractivity contribution in [2.75, 3.05) is 26.2 Å². The second-order valence-electron chi connectivity index (χ2n) is 5.79. The van der Waals surface area contributed by atoms with E-state index in [1.165, 1.54) is 5.57 Å². The highest BCUT2D eigenvalue weighted by Gasteiger charge is 2.45. The molecule has 2 heterocycles. The molecule has 1 unspecified atom stereocenters. The summed E-state index contributed by atoms with van der Waals surface area (Å²) < 4.78 is 0. The molecule has 1 N–H and O–H groups in total. The Labute approximate surface area is 104 Å². The van der Waals surface area contributed by atoms with Crippen molar-refractivity contribution in [2.45, 2.75) is 33.6 Å². The average Bonchev–Trinajstić information content (AvgIpc) is 2.79. The third-order valence-electron chi connectivity index (χ3n) is 4.44. The maximum Gasteiger partial charge on any atom is 0.230 e. The molecule has 1 fully saturated rings. The van der Waals surface area contributed by atoms with Crippen LogP contribution in [0.4, 0.5) is 0 Å².